The lowest BCUT2D eigenvalue weighted by Gasteiger charge is -2.18. The molecule has 450 valence electrons. The standard InChI is InChI=1S/C72H126O6/c1-4-7-10-13-16-19-22-25-28-29-30-31-32-33-34-35-36-37-38-39-40-41-42-43-45-47-50-53-56-59-62-65-71(74)77-68-69(67-76-70(73)64-61-58-55-52-49-46-27-24-21-18-15-12-9-6-3)78-72(75)66-63-60-57-54-51-48-44-26-23-20-17-14-11-8-5-2/h7,10,16-17,19-20,24-28,30-31,44,69H,4-6,8-9,11-15,18,21-23,29,32-43,45-68H2,1-3H3/b10-7-,19-16-,20-17-,27-24-,28-25-,31-30-,44-26-. The zero-order valence-electron chi connectivity index (χ0n) is 51.7. The summed E-state index contributed by atoms with van der Waals surface area (Å²) in [6.45, 7) is 6.51. The molecular formula is C72H126O6. The van der Waals surface area contributed by atoms with E-state index in [0.717, 1.165) is 116 Å². The number of ether oxygens (including phenoxy) is 3. The second-order valence-corrected chi connectivity index (χ2v) is 22.3. The highest BCUT2D eigenvalue weighted by molar-refractivity contribution is 5.71. The minimum Gasteiger partial charge on any atom is -0.462 e. The molecule has 0 aromatic rings. The van der Waals surface area contributed by atoms with Gasteiger partial charge >= 0.3 is 17.9 Å². The van der Waals surface area contributed by atoms with Gasteiger partial charge in [-0.15, -0.1) is 0 Å². The van der Waals surface area contributed by atoms with Gasteiger partial charge in [0.2, 0.25) is 0 Å². The van der Waals surface area contributed by atoms with Gasteiger partial charge in [-0.2, -0.15) is 0 Å². The zero-order valence-corrected chi connectivity index (χ0v) is 51.7. The molecular weight excluding hydrogens is 961 g/mol. The first-order valence-electron chi connectivity index (χ1n) is 33.6. The molecule has 0 aliphatic rings. The molecule has 0 fully saturated rings. The highest BCUT2D eigenvalue weighted by Crippen LogP contribution is 2.17. The van der Waals surface area contributed by atoms with Gasteiger partial charge in [0.1, 0.15) is 13.2 Å². The predicted molar refractivity (Wildman–Crippen MR) is 339 cm³/mol. The van der Waals surface area contributed by atoms with Crippen molar-refractivity contribution in [1.82, 2.24) is 0 Å². The average Bonchev–Trinajstić information content (AvgIpc) is 3.44. The molecule has 78 heavy (non-hydrogen) atoms. The Morgan fingerprint density at radius 2 is 0.500 bits per heavy atom. The fourth-order valence-electron chi connectivity index (χ4n) is 9.58. The lowest BCUT2D eigenvalue weighted by Crippen LogP contribution is -2.30. The van der Waals surface area contributed by atoms with Gasteiger partial charge in [-0.05, 0) is 116 Å². The highest BCUT2D eigenvalue weighted by Gasteiger charge is 2.19. The van der Waals surface area contributed by atoms with Crippen molar-refractivity contribution in [2.75, 3.05) is 13.2 Å². The van der Waals surface area contributed by atoms with Crippen molar-refractivity contribution in [2.24, 2.45) is 0 Å². The number of esters is 3. The van der Waals surface area contributed by atoms with Crippen molar-refractivity contribution in [3.63, 3.8) is 0 Å². The molecule has 0 amide bonds. The van der Waals surface area contributed by atoms with Gasteiger partial charge in [0.05, 0.1) is 0 Å². The Balaban J connectivity index is 4.19. The van der Waals surface area contributed by atoms with E-state index in [1.54, 1.807) is 0 Å². The molecule has 6 heteroatoms. The first-order chi connectivity index (χ1) is 38.5. The van der Waals surface area contributed by atoms with Gasteiger partial charge in [-0.1, -0.05) is 286 Å². The Kier molecular flexibility index (Phi) is 63.2. The Hall–Kier alpha value is -3.41. The maximum atomic E-state index is 12.9. The number of carbonyl (C=O) groups is 3. The molecule has 1 unspecified atom stereocenters. The molecule has 0 aromatic carbocycles. The summed E-state index contributed by atoms with van der Waals surface area (Å²) in [6.07, 6.45) is 87.5. The first-order valence-corrected chi connectivity index (χ1v) is 33.6. The van der Waals surface area contributed by atoms with Crippen molar-refractivity contribution in [2.45, 2.75) is 341 Å². The van der Waals surface area contributed by atoms with E-state index in [1.165, 1.54) is 180 Å². The fraction of sp³-hybridized carbons (Fsp3) is 0.764. The van der Waals surface area contributed by atoms with E-state index in [4.69, 9.17) is 14.2 Å². The minimum atomic E-state index is -0.786. The van der Waals surface area contributed by atoms with Crippen LogP contribution in [0, 0.1) is 0 Å². The first kappa shape index (κ1) is 74.6. The summed E-state index contributed by atoms with van der Waals surface area (Å²) in [5.74, 6) is -0.889. The fourth-order valence-corrected chi connectivity index (χ4v) is 9.58. The van der Waals surface area contributed by atoms with Gasteiger partial charge < -0.3 is 14.2 Å². The Bertz CT molecular complexity index is 1480. The summed E-state index contributed by atoms with van der Waals surface area (Å²) in [6, 6.07) is 0. The van der Waals surface area contributed by atoms with Crippen LogP contribution in [0.5, 0.6) is 0 Å². The van der Waals surface area contributed by atoms with E-state index in [9.17, 15) is 14.4 Å². The summed E-state index contributed by atoms with van der Waals surface area (Å²) >= 11 is 0. The predicted octanol–water partition coefficient (Wildman–Crippen LogP) is 23.1. The van der Waals surface area contributed by atoms with E-state index >= 15 is 0 Å². The molecule has 1 atom stereocenters. The zero-order chi connectivity index (χ0) is 56.4. The third kappa shape index (κ3) is 63.4. The van der Waals surface area contributed by atoms with E-state index in [-0.39, 0.29) is 31.1 Å². The number of hydrogen-bond donors (Lipinski definition) is 0. The van der Waals surface area contributed by atoms with Crippen molar-refractivity contribution < 1.29 is 28.6 Å². The normalized spacial score (nSPS) is 12.6. The van der Waals surface area contributed by atoms with Crippen LogP contribution in [0.4, 0.5) is 0 Å². The summed E-state index contributed by atoms with van der Waals surface area (Å²) in [5.41, 5.74) is 0. The summed E-state index contributed by atoms with van der Waals surface area (Å²) in [5, 5.41) is 0. The molecule has 0 aromatic heterocycles. The van der Waals surface area contributed by atoms with E-state index in [1.807, 2.05) is 0 Å². The van der Waals surface area contributed by atoms with Crippen LogP contribution in [0.25, 0.3) is 0 Å². The molecule has 0 aliphatic heterocycles. The van der Waals surface area contributed by atoms with Gasteiger partial charge in [-0.3, -0.25) is 14.4 Å². The molecule has 0 aliphatic carbocycles. The highest BCUT2D eigenvalue weighted by atomic mass is 16.6. The second-order valence-electron chi connectivity index (χ2n) is 22.3. The van der Waals surface area contributed by atoms with Gasteiger partial charge in [0, 0.05) is 19.3 Å². The molecule has 0 spiro atoms. The van der Waals surface area contributed by atoms with Gasteiger partial charge in [0.25, 0.3) is 0 Å². The van der Waals surface area contributed by atoms with Crippen LogP contribution in [0.2, 0.25) is 0 Å². The number of rotatable bonds is 61. The number of carbonyl (C=O) groups excluding carboxylic acids is 3. The van der Waals surface area contributed by atoms with E-state index < -0.39 is 6.10 Å². The third-order valence-electron chi connectivity index (χ3n) is 14.6. The van der Waals surface area contributed by atoms with Crippen molar-refractivity contribution in [1.29, 1.82) is 0 Å². The quantitative estimate of drug-likeness (QED) is 0.0261. The lowest BCUT2D eigenvalue weighted by molar-refractivity contribution is -0.167. The molecule has 0 heterocycles. The van der Waals surface area contributed by atoms with Crippen LogP contribution in [0.3, 0.4) is 0 Å². The van der Waals surface area contributed by atoms with Crippen LogP contribution in [0.15, 0.2) is 85.1 Å². The average molecular weight is 1090 g/mol. The van der Waals surface area contributed by atoms with Gasteiger partial charge in [-0.25, -0.2) is 0 Å². The molecule has 0 rings (SSSR count). The molecule has 0 N–H and O–H groups in total. The topological polar surface area (TPSA) is 78.9 Å². The van der Waals surface area contributed by atoms with Crippen LogP contribution in [-0.2, 0) is 28.6 Å². The van der Waals surface area contributed by atoms with Crippen molar-refractivity contribution in [3.8, 4) is 0 Å². The molecule has 0 saturated heterocycles. The maximum Gasteiger partial charge on any atom is 0.306 e. The van der Waals surface area contributed by atoms with Gasteiger partial charge in [0.15, 0.2) is 6.10 Å². The lowest BCUT2D eigenvalue weighted by atomic mass is 10.0. The van der Waals surface area contributed by atoms with Crippen molar-refractivity contribution in [3.05, 3.63) is 85.1 Å². The Morgan fingerprint density at radius 3 is 0.821 bits per heavy atom. The SMILES string of the molecule is CC/C=C\C/C=C\C/C=C\C/C=C\CCCCCCCCCCCCCCCCCCCCC(=O)OCC(COC(=O)CCCCCCC/C=C\CCCCCCC)OC(=O)CCCCCCC/C=C\C/C=C\CCCCC. The molecule has 0 radical (unpaired) electrons. The molecule has 6 nitrogen and oxygen atoms in total. The van der Waals surface area contributed by atoms with Crippen LogP contribution >= 0.6 is 0 Å². The van der Waals surface area contributed by atoms with Crippen LogP contribution < -0.4 is 0 Å². The number of allylic oxidation sites excluding steroid dienone is 14. The molecule has 0 bridgehead atoms. The smallest absolute Gasteiger partial charge is 0.306 e. The van der Waals surface area contributed by atoms with Crippen LogP contribution in [-0.4, -0.2) is 37.2 Å². The molecule has 0 saturated carbocycles. The maximum absolute atomic E-state index is 12.9. The summed E-state index contributed by atoms with van der Waals surface area (Å²) < 4.78 is 16.9. The number of hydrogen-bond acceptors (Lipinski definition) is 6. The van der Waals surface area contributed by atoms with E-state index in [2.05, 4.69) is 106 Å². The monoisotopic (exact) mass is 1090 g/mol. The van der Waals surface area contributed by atoms with Crippen molar-refractivity contribution >= 4 is 17.9 Å². The van der Waals surface area contributed by atoms with Crippen LogP contribution in [0.1, 0.15) is 335 Å². The summed E-state index contributed by atoms with van der Waals surface area (Å²) in [7, 11) is 0. The largest absolute Gasteiger partial charge is 0.462 e. The Morgan fingerprint density at radius 1 is 0.269 bits per heavy atom. The third-order valence-corrected chi connectivity index (χ3v) is 14.6. The van der Waals surface area contributed by atoms with E-state index in [0.29, 0.717) is 19.3 Å². The second kappa shape index (κ2) is 66.1. The number of unbranched alkanes of at least 4 members (excludes halogenated alkanes) is 36. The summed E-state index contributed by atoms with van der Waals surface area (Å²) in [4.78, 5) is 38.3. The minimum absolute atomic E-state index is 0.0814. The Labute approximate surface area is 484 Å².